The fourth-order valence-electron chi connectivity index (χ4n) is 4.36. The van der Waals surface area contributed by atoms with Crippen LogP contribution in [-0.4, -0.2) is 64.0 Å². The molecule has 0 bridgehead atoms. The number of rotatable bonds is 4. The average molecular weight is 520 g/mol. The fourth-order valence-corrected chi connectivity index (χ4v) is 5.40. The van der Waals surface area contributed by atoms with Crippen molar-refractivity contribution < 1.29 is 19.1 Å². The molecular weight excluding hydrogens is 490 g/mol. The number of hydrogen-bond acceptors (Lipinski definition) is 6. The Morgan fingerprint density at radius 2 is 1.78 bits per heavy atom. The van der Waals surface area contributed by atoms with Gasteiger partial charge in [0.05, 0.1) is 15.9 Å². The highest BCUT2D eigenvalue weighted by atomic mass is 32.1. The van der Waals surface area contributed by atoms with Crippen molar-refractivity contribution >= 4 is 44.4 Å². The van der Waals surface area contributed by atoms with E-state index >= 15 is 0 Å². The van der Waals surface area contributed by atoms with Gasteiger partial charge in [0.25, 0.3) is 11.8 Å². The molecule has 1 atom stereocenters. The molecule has 10 heteroatoms. The Balaban J connectivity index is 1.28. The number of nitrogens with one attached hydrogen (secondary N) is 2. The summed E-state index contributed by atoms with van der Waals surface area (Å²) < 4.78 is 8.41. The third kappa shape index (κ3) is 5.15. The van der Waals surface area contributed by atoms with Gasteiger partial charge in [0.1, 0.15) is 5.60 Å². The standard InChI is InChI=1S/C27H29N5O4S/c1-27(2,3)36-26(35)31-12-11-19(14-31)29-24(34)18-9-10-21-22(13-18)37-25-30-20(15-32(21)25)16-5-7-17(8-6-16)23(33)28-4/h5-10,13,15,19H,11-12,14H2,1-4H3,(H,28,33)(H,29,34)/t19-/m0/s1. The Labute approximate surface area is 218 Å². The minimum atomic E-state index is -0.549. The number of amides is 3. The first-order chi connectivity index (χ1) is 17.6. The molecule has 1 saturated heterocycles. The van der Waals surface area contributed by atoms with Crippen LogP contribution in [-0.2, 0) is 4.74 Å². The molecule has 4 aromatic rings. The monoisotopic (exact) mass is 519 g/mol. The number of fused-ring (bicyclic) bond motifs is 3. The zero-order chi connectivity index (χ0) is 26.3. The van der Waals surface area contributed by atoms with Gasteiger partial charge in [-0.25, -0.2) is 9.78 Å². The van der Waals surface area contributed by atoms with Gasteiger partial charge >= 0.3 is 6.09 Å². The van der Waals surface area contributed by atoms with E-state index in [0.29, 0.717) is 30.6 Å². The lowest BCUT2D eigenvalue weighted by Crippen LogP contribution is -2.40. The summed E-state index contributed by atoms with van der Waals surface area (Å²) in [6, 6.07) is 12.8. The van der Waals surface area contributed by atoms with Crippen LogP contribution in [0.25, 0.3) is 26.4 Å². The predicted octanol–water partition coefficient (Wildman–Crippen LogP) is 4.31. The van der Waals surface area contributed by atoms with Crippen LogP contribution in [0.15, 0.2) is 48.7 Å². The molecule has 0 radical (unpaired) electrons. The second-order valence-electron chi connectivity index (χ2n) is 10.1. The van der Waals surface area contributed by atoms with Crippen LogP contribution in [0.2, 0.25) is 0 Å². The second kappa shape index (κ2) is 9.51. The third-order valence-corrected chi connectivity index (χ3v) is 7.22. The Kier molecular flexibility index (Phi) is 6.36. The molecule has 1 fully saturated rings. The number of likely N-dealkylation sites (tertiary alicyclic amines) is 1. The van der Waals surface area contributed by atoms with Gasteiger partial charge in [0, 0.05) is 49.1 Å². The molecule has 3 heterocycles. The number of carbonyl (C=O) groups excluding carboxylic acids is 3. The van der Waals surface area contributed by atoms with E-state index in [0.717, 1.165) is 26.4 Å². The number of ether oxygens (including phenoxy) is 1. The first-order valence-corrected chi connectivity index (χ1v) is 13.0. The van der Waals surface area contributed by atoms with Crippen LogP contribution in [0, 0.1) is 0 Å². The van der Waals surface area contributed by atoms with Crippen molar-refractivity contribution in [3.05, 3.63) is 59.8 Å². The zero-order valence-corrected chi connectivity index (χ0v) is 22.0. The van der Waals surface area contributed by atoms with Gasteiger partial charge in [-0.1, -0.05) is 23.5 Å². The SMILES string of the molecule is CNC(=O)c1ccc(-c2cn3c(n2)sc2cc(C(=O)N[C@H]4CCN(C(=O)OC(C)(C)C)C4)ccc23)cc1. The molecule has 0 saturated carbocycles. The minimum Gasteiger partial charge on any atom is -0.444 e. The van der Waals surface area contributed by atoms with Gasteiger partial charge < -0.3 is 20.3 Å². The Morgan fingerprint density at radius 1 is 1.05 bits per heavy atom. The van der Waals surface area contributed by atoms with Crippen LogP contribution < -0.4 is 10.6 Å². The van der Waals surface area contributed by atoms with Crippen molar-refractivity contribution in [2.24, 2.45) is 0 Å². The number of benzene rings is 2. The largest absolute Gasteiger partial charge is 0.444 e. The maximum absolute atomic E-state index is 12.9. The molecule has 37 heavy (non-hydrogen) atoms. The average Bonchev–Trinajstić information content (AvgIpc) is 3.57. The smallest absolute Gasteiger partial charge is 0.410 e. The Morgan fingerprint density at radius 3 is 2.49 bits per heavy atom. The van der Waals surface area contributed by atoms with Crippen LogP contribution in [0.3, 0.4) is 0 Å². The van der Waals surface area contributed by atoms with Crippen molar-refractivity contribution in [1.29, 1.82) is 0 Å². The topological polar surface area (TPSA) is 105 Å². The quantitative estimate of drug-likeness (QED) is 0.418. The van der Waals surface area contributed by atoms with Gasteiger partial charge in [-0.05, 0) is 57.5 Å². The second-order valence-corrected chi connectivity index (χ2v) is 11.1. The van der Waals surface area contributed by atoms with E-state index in [4.69, 9.17) is 9.72 Å². The molecular formula is C27H29N5O4S. The lowest BCUT2D eigenvalue weighted by atomic mass is 10.1. The van der Waals surface area contributed by atoms with E-state index in [9.17, 15) is 14.4 Å². The fraction of sp³-hybridized carbons (Fsp3) is 0.333. The highest BCUT2D eigenvalue weighted by Crippen LogP contribution is 2.30. The molecule has 0 unspecified atom stereocenters. The minimum absolute atomic E-state index is 0.117. The highest BCUT2D eigenvalue weighted by molar-refractivity contribution is 7.23. The van der Waals surface area contributed by atoms with Gasteiger partial charge in [-0.3, -0.25) is 14.0 Å². The van der Waals surface area contributed by atoms with E-state index < -0.39 is 5.60 Å². The first kappa shape index (κ1) is 24.8. The predicted molar refractivity (Wildman–Crippen MR) is 143 cm³/mol. The summed E-state index contributed by atoms with van der Waals surface area (Å²) in [6.45, 7) is 6.50. The summed E-state index contributed by atoms with van der Waals surface area (Å²) in [4.78, 5) is 44.3. The molecule has 1 aliphatic heterocycles. The van der Waals surface area contributed by atoms with Crippen LogP contribution in [0.4, 0.5) is 4.79 Å². The molecule has 0 spiro atoms. The van der Waals surface area contributed by atoms with E-state index in [1.165, 1.54) is 11.3 Å². The number of hydrogen-bond donors (Lipinski definition) is 2. The molecule has 2 aromatic heterocycles. The summed E-state index contributed by atoms with van der Waals surface area (Å²) in [6.07, 6.45) is 2.30. The van der Waals surface area contributed by atoms with Crippen molar-refractivity contribution in [3.63, 3.8) is 0 Å². The molecule has 3 amide bonds. The van der Waals surface area contributed by atoms with E-state index in [2.05, 4.69) is 10.6 Å². The molecule has 192 valence electrons. The summed E-state index contributed by atoms with van der Waals surface area (Å²) >= 11 is 1.51. The molecule has 1 aliphatic rings. The van der Waals surface area contributed by atoms with Gasteiger partial charge in [0.15, 0.2) is 4.96 Å². The Bertz CT molecular complexity index is 1500. The van der Waals surface area contributed by atoms with Crippen molar-refractivity contribution in [2.75, 3.05) is 20.1 Å². The highest BCUT2D eigenvalue weighted by Gasteiger charge is 2.30. The van der Waals surface area contributed by atoms with Crippen LogP contribution in [0.1, 0.15) is 47.9 Å². The molecule has 2 aromatic carbocycles. The lowest BCUT2D eigenvalue weighted by Gasteiger charge is -2.24. The maximum Gasteiger partial charge on any atom is 0.410 e. The number of imidazole rings is 1. The summed E-state index contributed by atoms with van der Waals surface area (Å²) in [5.41, 5.74) is 3.32. The summed E-state index contributed by atoms with van der Waals surface area (Å²) in [5, 5.41) is 5.67. The molecule has 0 aliphatic carbocycles. The summed E-state index contributed by atoms with van der Waals surface area (Å²) in [5.74, 6) is -0.294. The van der Waals surface area contributed by atoms with E-state index in [1.54, 1.807) is 24.1 Å². The third-order valence-electron chi connectivity index (χ3n) is 6.20. The summed E-state index contributed by atoms with van der Waals surface area (Å²) in [7, 11) is 1.61. The molecule has 9 nitrogen and oxygen atoms in total. The number of aromatic nitrogens is 2. The zero-order valence-electron chi connectivity index (χ0n) is 21.2. The van der Waals surface area contributed by atoms with Gasteiger partial charge in [-0.2, -0.15) is 0 Å². The number of nitrogens with zero attached hydrogens (tertiary/aromatic N) is 3. The molecule has 2 N–H and O–H groups in total. The number of carbonyl (C=O) groups is 3. The maximum atomic E-state index is 12.9. The van der Waals surface area contributed by atoms with Gasteiger partial charge in [-0.15, -0.1) is 0 Å². The first-order valence-electron chi connectivity index (χ1n) is 12.1. The van der Waals surface area contributed by atoms with Crippen LogP contribution in [0.5, 0.6) is 0 Å². The van der Waals surface area contributed by atoms with Crippen molar-refractivity contribution in [2.45, 2.75) is 38.8 Å². The van der Waals surface area contributed by atoms with E-state index in [1.807, 2.05) is 61.7 Å². The van der Waals surface area contributed by atoms with E-state index in [-0.39, 0.29) is 23.9 Å². The van der Waals surface area contributed by atoms with Crippen molar-refractivity contribution in [1.82, 2.24) is 24.9 Å². The Hall–Kier alpha value is -3.92. The lowest BCUT2D eigenvalue weighted by molar-refractivity contribution is 0.0290. The number of thiazole rings is 1. The molecule has 5 rings (SSSR count). The van der Waals surface area contributed by atoms with Gasteiger partial charge in [0.2, 0.25) is 0 Å². The normalized spacial score (nSPS) is 15.8. The van der Waals surface area contributed by atoms with Crippen LogP contribution >= 0.6 is 11.3 Å². The van der Waals surface area contributed by atoms with Crippen molar-refractivity contribution in [3.8, 4) is 11.3 Å².